The quantitative estimate of drug-likeness (QED) is 0.588. The molecule has 0 spiro atoms. The van der Waals surface area contributed by atoms with E-state index in [0.29, 0.717) is 17.6 Å². The highest BCUT2D eigenvalue weighted by Gasteiger charge is 2.23. The Balaban J connectivity index is 1.61. The molecule has 1 amide bonds. The minimum Gasteiger partial charge on any atom is -0.356 e. The highest BCUT2D eigenvalue weighted by atomic mass is 32.2. The predicted octanol–water partition coefficient (Wildman–Crippen LogP) is 4.61. The minimum atomic E-state index is -0.0135. The molecule has 2 atom stereocenters. The molecule has 2 unspecified atom stereocenters. The number of hydrogen-bond donors (Lipinski definition) is 1. The lowest BCUT2D eigenvalue weighted by Gasteiger charge is -2.35. The highest BCUT2D eigenvalue weighted by molar-refractivity contribution is 7.99. The van der Waals surface area contributed by atoms with Gasteiger partial charge in [-0.05, 0) is 50.2 Å². The third-order valence-electron chi connectivity index (χ3n) is 5.11. The SMILES string of the molecule is Cc1cc(C)c(NC(=O)CSc2cc(N3CC(C)CC(C)C3)ncn2)c(C)c1. The number of carbonyl (C=O) groups excluding carboxylic acids is 1. The van der Waals surface area contributed by atoms with Crippen LogP contribution in [0.5, 0.6) is 0 Å². The molecule has 3 rings (SSSR count). The van der Waals surface area contributed by atoms with E-state index in [2.05, 4.69) is 53.1 Å². The Morgan fingerprint density at radius 1 is 1.11 bits per heavy atom. The number of amides is 1. The number of rotatable bonds is 5. The Morgan fingerprint density at radius 2 is 1.75 bits per heavy atom. The van der Waals surface area contributed by atoms with Crippen molar-refractivity contribution < 1.29 is 4.79 Å². The summed E-state index contributed by atoms with van der Waals surface area (Å²) in [7, 11) is 0. The lowest BCUT2D eigenvalue weighted by atomic mass is 9.92. The van der Waals surface area contributed by atoms with E-state index in [9.17, 15) is 4.79 Å². The molecule has 1 fully saturated rings. The van der Waals surface area contributed by atoms with Crippen molar-refractivity contribution in [2.75, 3.05) is 29.1 Å². The van der Waals surface area contributed by atoms with Crippen molar-refractivity contribution in [3.05, 3.63) is 41.2 Å². The zero-order valence-corrected chi connectivity index (χ0v) is 18.3. The maximum absolute atomic E-state index is 12.5. The zero-order chi connectivity index (χ0) is 20.3. The van der Waals surface area contributed by atoms with Crippen LogP contribution >= 0.6 is 11.8 Å². The molecule has 0 radical (unpaired) electrons. The molecule has 2 aromatic rings. The van der Waals surface area contributed by atoms with E-state index in [-0.39, 0.29) is 5.91 Å². The molecule has 1 aliphatic heterocycles. The molecule has 5 nitrogen and oxygen atoms in total. The standard InChI is InChI=1S/C22H30N4OS/c1-14-7-17(4)22(18(5)8-14)25-20(27)12-28-21-9-19(23-13-24-21)26-10-15(2)6-16(3)11-26/h7-9,13,15-16H,6,10-12H2,1-5H3,(H,25,27). The van der Waals surface area contributed by atoms with Crippen molar-refractivity contribution in [1.82, 2.24) is 9.97 Å². The maximum Gasteiger partial charge on any atom is 0.234 e. The first-order valence-electron chi connectivity index (χ1n) is 9.89. The van der Waals surface area contributed by atoms with Crippen LogP contribution in [0.1, 0.15) is 37.0 Å². The largest absolute Gasteiger partial charge is 0.356 e. The van der Waals surface area contributed by atoms with Crippen LogP contribution in [0, 0.1) is 32.6 Å². The van der Waals surface area contributed by atoms with Gasteiger partial charge in [0.1, 0.15) is 17.2 Å². The molecule has 6 heteroatoms. The molecule has 1 aromatic heterocycles. The number of thioether (sulfide) groups is 1. The fourth-order valence-corrected chi connectivity index (χ4v) is 4.79. The van der Waals surface area contributed by atoms with Gasteiger partial charge < -0.3 is 10.2 Å². The van der Waals surface area contributed by atoms with Gasteiger partial charge in [0, 0.05) is 24.8 Å². The van der Waals surface area contributed by atoms with Crippen LogP contribution in [0.3, 0.4) is 0 Å². The summed E-state index contributed by atoms with van der Waals surface area (Å²) in [6, 6.07) is 6.19. The molecule has 0 aliphatic carbocycles. The van der Waals surface area contributed by atoms with E-state index in [0.717, 1.165) is 40.7 Å². The zero-order valence-electron chi connectivity index (χ0n) is 17.5. The van der Waals surface area contributed by atoms with Crippen LogP contribution in [0.15, 0.2) is 29.6 Å². The van der Waals surface area contributed by atoms with Gasteiger partial charge in [-0.3, -0.25) is 4.79 Å². The minimum absolute atomic E-state index is 0.0135. The van der Waals surface area contributed by atoms with Gasteiger partial charge in [-0.1, -0.05) is 43.3 Å². The summed E-state index contributed by atoms with van der Waals surface area (Å²) in [6.45, 7) is 12.8. The molecule has 150 valence electrons. The number of aryl methyl sites for hydroxylation is 3. The van der Waals surface area contributed by atoms with Crippen molar-refractivity contribution in [3.8, 4) is 0 Å². The average Bonchev–Trinajstić information content (AvgIpc) is 2.62. The third-order valence-corrected chi connectivity index (χ3v) is 6.04. The van der Waals surface area contributed by atoms with Crippen LogP contribution in [-0.4, -0.2) is 34.7 Å². The Kier molecular flexibility index (Phi) is 6.60. The van der Waals surface area contributed by atoms with Crippen LogP contribution in [0.2, 0.25) is 0 Å². The summed E-state index contributed by atoms with van der Waals surface area (Å²) in [6.07, 6.45) is 2.87. The molecule has 0 bridgehead atoms. The second-order valence-electron chi connectivity index (χ2n) is 8.18. The number of benzene rings is 1. The molecule has 28 heavy (non-hydrogen) atoms. The number of anilines is 2. The molecule has 2 heterocycles. The Bertz CT molecular complexity index is 821. The number of aromatic nitrogens is 2. The van der Waals surface area contributed by atoms with Crippen LogP contribution < -0.4 is 10.2 Å². The van der Waals surface area contributed by atoms with Crippen molar-refractivity contribution in [2.24, 2.45) is 11.8 Å². The molecular weight excluding hydrogens is 368 g/mol. The maximum atomic E-state index is 12.5. The summed E-state index contributed by atoms with van der Waals surface area (Å²) in [5.41, 5.74) is 4.30. The van der Waals surface area contributed by atoms with Gasteiger partial charge in [-0.25, -0.2) is 9.97 Å². The summed E-state index contributed by atoms with van der Waals surface area (Å²) in [5, 5.41) is 3.89. The Morgan fingerprint density at radius 3 is 2.39 bits per heavy atom. The van der Waals surface area contributed by atoms with Gasteiger partial charge in [-0.2, -0.15) is 0 Å². The smallest absolute Gasteiger partial charge is 0.234 e. The van der Waals surface area contributed by atoms with E-state index < -0.39 is 0 Å². The van der Waals surface area contributed by atoms with Crippen molar-refractivity contribution in [2.45, 2.75) is 46.1 Å². The van der Waals surface area contributed by atoms with Gasteiger partial charge >= 0.3 is 0 Å². The molecular formula is C22H30N4OS. The van der Waals surface area contributed by atoms with Crippen LogP contribution in [0.25, 0.3) is 0 Å². The normalized spacial score (nSPS) is 19.5. The topological polar surface area (TPSA) is 58.1 Å². The van der Waals surface area contributed by atoms with Crippen molar-refractivity contribution in [1.29, 1.82) is 0 Å². The van der Waals surface area contributed by atoms with Gasteiger partial charge in [0.2, 0.25) is 5.91 Å². The predicted molar refractivity (Wildman–Crippen MR) is 117 cm³/mol. The van der Waals surface area contributed by atoms with E-state index in [1.807, 2.05) is 19.9 Å². The number of nitrogens with one attached hydrogen (secondary N) is 1. The van der Waals surface area contributed by atoms with Gasteiger partial charge in [0.25, 0.3) is 0 Å². The molecule has 1 aromatic carbocycles. The first-order chi connectivity index (χ1) is 13.3. The number of piperidine rings is 1. The summed E-state index contributed by atoms with van der Waals surface area (Å²) in [4.78, 5) is 23.6. The van der Waals surface area contributed by atoms with Gasteiger partial charge in [0.05, 0.1) is 5.75 Å². The Labute approximate surface area is 172 Å². The first-order valence-corrected chi connectivity index (χ1v) is 10.9. The second-order valence-corrected chi connectivity index (χ2v) is 9.17. The number of hydrogen-bond acceptors (Lipinski definition) is 5. The van der Waals surface area contributed by atoms with E-state index >= 15 is 0 Å². The second kappa shape index (κ2) is 8.95. The van der Waals surface area contributed by atoms with Crippen molar-refractivity contribution >= 4 is 29.2 Å². The number of nitrogens with zero attached hydrogens (tertiary/aromatic N) is 3. The fraction of sp³-hybridized carbons (Fsp3) is 0.500. The third kappa shape index (κ3) is 5.25. The van der Waals surface area contributed by atoms with E-state index in [1.165, 1.54) is 23.7 Å². The van der Waals surface area contributed by atoms with Gasteiger partial charge in [-0.15, -0.1) is 0 Å². The Hall–Kier alpha value is -2.08. The number of carbonyl (C=O) groups is 1. The average molecular weight is 399 g/mol. The monoisotopic (exact) mass is 398 g/mol. The summed E-state index contributed by atoms with van der Waals surface area (Å²) < 4.78 is 0. The molecule has 0 saturated carbocycles. The van der Waals surface area contributed by atoms with Gasteiger partial charge in [0.15, 0.2) is 0 Å². The summed E-state index contributed by atoms with van der Waals surface area (Å²) >= 11 is 1.45. The molecule has 1 N–H and O–H groups in total. The molecule has 1 saturated heterocycles. The lowest BCUT2D eigenvalue weighted by Crippen LogP contribution is -2.39. The first kappa shape index (κ1) is 20.6. The molecule has 1 aliphatic rings. The van der Waals surface area contributed by atoms with Crippen LogP contribution in [-0.2, 0) is 4.79 Å². The van der Waals surface area contributed by atoms with Crippen LogP contribution in [0.4, 0.5) is 11.5 Å². The van der Waals surface area contributed by atoms with E-state index in [1.54, 1.807) is 6.33 Å². The highest BCUT2D eigenvalue weighted by Crippen LogP contribution is 2.27. The van der Waals surface area contributed by atoms with Crippen molar-refractivity contribution in [3.63, 3.8) is 0 Å². The fourth-order valence-electron chi connectivity index (χ4n) is 4.12. The lowest BCUT2D eigenvalue weighted by molar-refractivity contribution is -0.113. The summed E-state index contributed by atoms with van der Waals surface area (Å²) in [5.74, 6) is 2.61. The van der Waals surface area contributed by atoms with E-state index in [4.69, 9.17) is 0 Å².